The van der Waals surface area contributed by atoms with Crippen LogP contribution >= 0.6 is 23.2 Å². The summed E-state index contributed by atoms with van der Waals surface area (Å²) in [5.74, 6) is -3.83. The number of fused-ring (bicyclic) bond motifs is 4. The van der Waals surface area contributed by atoms with Crippen molar-refractivity contribution in [1.82, 2.24) is 5.01 Å². The number of ether oxygens (including phenoxy) is 5. The molecule has 2 aliphatic heterocycles. The van der Waals surface area contributed by atoms with Crippen LogP contribution < -0.4 is 34.0 Å². The maximum atomic E-state index is 15.6. The molecule has 2 heterocycles. The minimum Gasteiger partial charge on any atom is -0.502 e. The number of nitrogens with zero attached hydrogens (tertiary/aromatic N) is 2. The average molecular weight is 957 g/mol. The van der Waals surface area contributed by atoms with Crippen LogP contribution in [0.25, 0.3) is 18.2 Å². The molecule has 9 rings (SSSR count). The summed E-state index contributed by atoms with van der Waals surface area (Å²) < 4.78 is 27.4. The van der Waals surface area contributed by atoms with E-state index in [1.54, 1.807) is 81.0 Å². The number of anilines is 2. The second-order valence-corrected chi connectivity index (χ2v) is 17.8. The van der Waals surface area contributed by atoms with Gasteiger partial charge in [-0.15, -0.1) is 0 Å². The van der Waals surface area contributed by atoms with Crippen LogP contribution in [0, 0.1) is 29.6 Å². The molecule has 5 aromatic rings. The number of benzene rings is 5. The van der Waals surface area contributed by atoms with Gasteiger partial charge in [0.2, 0.25) is 17.6 Å². The van der Waals surface area contributed by atoms with Crippen LogP contribution in [0.3, 0.4) is 0 Å². The number of carbonyl (C=O) groups is 4. The normalized spacial score (nSPS) is 23.1. The fraction of sp³-hybridized carbons (Fsp3) is 0.245. The first-order valence-electron chi connectivity index (χ1n) is 21.8. The molecule has 6 atom stereocenters. The number of halogens is 2. The van der Waals surface area contributed by atoms with E-state index in [2.05, 4.69) is 5.43 Å². The Bertz CT molecular complexity index is 2910. The Morgan fingerprint density at radius 2 is 1.35 bits per heavy atom. The SMILES string of the molecule is COc1ccc(C23C(=O)N(Nc4ccc(Cl)cc4Cl)C(=O)C2CC2C(=CCC4C(=O)N(c5ccc(C=Cc6cc(OC)ccc6OC)cc5)C(=O)C42)C3C=Cc2cc(OC)c(O)c(OC)c2)cc1. The van der Waals surface area contributed by atoms with Gasteiger partial charge in [0.15, 0.2) is 11.5 Å². The van der Waals surface area contributed by atoms with Crippen LogP contribution in [-0.4, -0.2) is 69.3 Å². The Morgan fingerprint density at radius 1 is 0.676 bits per heavy atom. The molecule has 0 radical (unpaired) electrons. The number of hydrogen-bond donors (Lipinski definition) is 2. The van der Waals surface area contributed by atoms with E-state index in [0.717, 1.165) is 21.7 Å². The standard InChI is InChI=1S/C53H47Cl2N3O10/c1-64-35-16-11-32(12-17-35)53-40(21-9-30-24-45(67-4)48(59)46(25-30)68-5)37-19-20-38-47(39(37)28-41(53)50(61)58(52(53)63)56-43-22-13-33(54)27-42(43)55)51(62)57(49(38)60)34-14-7-29(8-15-34)6-10-31-26-36(65-2)18-23-44(31)66-3/h6-19,21-27,38-41,47,56,59H,20,28H2,1-5H3. The van der Waals surface area contributed by atoms with Crippen molar-refractivity contribution >= 4 is 76.4 Å². The highest BCUT2D eigenvalue weighted by Crippen LogP contribution is 2.62. The van der Waals surface area contributed by atoms with Crippen LogP contribution in [0.1, 0.15) is 35.1 Å². The van der Waals surface area contributed by atoms with Gasteiger partial charge >= 0.3 is 0 Å². The van der Waals surface area contributed by atoms with Gasteiger partial charge in [-0.3, -0.25) is 29.5 Å². The Morgan fingerprint density at radius 3 is 2.00 bits per heavy atom. The van der Waals surface area contributed by atoms with Gasteiger partial charge in [0.1, 0.15) is 17.2 Å². The lowest BCUT2D eigenvalue weighted by Crippen LogP contribution is -2.54. The summed E-state index contributed by atoms with van der Waals surface area (Å²) in [7, 11) is 7.58. The van der Waals surface area contributed by atoms with E-state index in [-0.39, 0.29) is 52.6 Å². The van der Waals surface area contributed by atoms with Crippen molar-refractivity contribution in [2.45, 2.75) is 18.3 Å². The minimum absolute atomic E-state index is 0.0751. The lowest BCUT2D eigenvalue weighted by atomic mass is 9.50. The van der Waals surface area contributed by atoms with Gasteiger partial charge in [-0.05, 0) is 108 Å². The molecule has 4 amide bonds. The molecule has 1 saturated carbocycles. The van der Waals surface area contributed by atoms with Gasteiger partial charge in [-0.2, -0.15) is 5.01 Å². The number of phenolic OH excluding ortho intramolecular Hbond substituents is 1. The van der Waals surface area contributed by atoms with E-state index < -0.39 is 46.8 Å². The highest BCUT2D eigenvalue weighted by Gasteiger charge is 2.69. The lowest BCUT2D eigenvalue weighted by molar-refractivity contribution is -0.139. The summed E-state index contributed by atoms with van der Waals surface area (Å²) in [5, 5.41) is 12.3. The number of imide groups is 2. The van der Waals surface area contributed by atoms with Crippen molar-refractivity contribution < 1.29 is 48.0 Å². The molecule has 68 heavy (non-hydrogen) atoms. The molecule has 0 bridgehead atoms. The summed E-state index contributed by atoms with van der Waals surface area (Å²) in [6.07, 6.45) is 9.71. The van der Waals surface area contributed by atoms with Crippen LogP contribution in [0.2, 0.25) is 10.0 Å². The zero-order valence-corrected chi connectivity index (χ0v) is 39.2. The first-order chi connectivity index (χ1) is 32.9. The number of hydrogen-bond acceptors (Lipinski definition) is 11. The van der Waals surface area contributed by atoms with Crippen LogP contribution in [0.5, 0.6) is 34.5 Å². The summed E-state index contributed by atoms with van der Waals surface area (Å²) in [6, 6.07) is 27.7. The Labute approximate surface area is 403 Å². The monoisotopic (exact) mass is 955 g/mol. The van der Waals surface area contributed by atoms with E-state index in [0.29, 0.717) is 39.1 Å². The maximum absolute atomic E-state index is 15.6. The number of aromatic hydroxyl groups is 1. The molecule has 3 fully saturated rings. The van der Waals surface area contributed by atoms with Crippen LogP contribution in [0.4, 0.5) is 11.4 Å². The molecule has 2 aliphatic carbocycles. The number of allylic oxidation sites excluding steroid dienone is 3. The van der Waals surface area contributed by atoms with Gasteiger partial charge in [0.05, 0.1) is 75.1 Å². The van der Waals surface area contributed by atoms with E-state index >= 15 is 9.59 Å². The van der Waals surface area contributed by atoms with Crippen molar-refractivity contribution in [3.8, 4) is 34.5 Å². The highest BCUT2D eigenvalue weighted by atomic mass is 35.5. The molecular weight excluding hydrogens is 909 g/mol. The van der Waals surface area contributed by atoms with E-state index in [9.17, 15) is 14.7 Å². The molecule has 15 heteroatoms. The van der Waals surface area contributed by atoms with Crippen LogP contribution in [0.15, 0.2) is 115 Å². The second kappa shape index (κ2) is 18.5. The number of phenols is 1. The minimum atomic E-state index is -1.57. The molecule has 2 N–H and O–H groups in total. The fourth-order valence-corrected chi connectivity index (χ4v) is 10.9. The maximum Gasteiger partial charge on any atom is 0.260 e. The van der Waals surface area contributed by atoms with E-state index in [1.807, 2.05) is 54.6 Å². The van der Waals surface area contributed by atoms with Crippen LogP contribution in [-0.2, 0) is 24.6 Å². The van der Waals surface area contributed by atoms with Crippen molar-refractivity contribution in [3.05, 3.63) is 147 Å². The lowest BCUT2D eigenvalue weighted by Gasteiger charge is -2.49. The van der Waals surface area contributed by atoms with Gasteiger partial charge in [-0.25, -0.2) is 0 Å². The second-order valence-electron chi connectivity index (χ2n) is 16.9. The topological polar surface area (TPSA) is 153 Å². The van der Waals surface area contributed by atoms with Crippen molar-refractivity contribution in [1.29, 1.82) is 0 Å². The summed E-state index contributed by atoms with van der Waals surface area (Å²) in [4.78, 5) is 61.5. The Kier molecular flexibility index (Phi) is 12.5. The molecule has 6 unspecified atom stereocenters. The number of nitrogens with one attached hydrogen (secondary N) is 1. The first kappa shape index (κ1) is 45.9. The number of rotatable bonds is 13. The number of hydrazine groups is 1. The predicted molar refractivity (Wildman–Crippen MR) is 259 cm³/mol. The van der Waals surface area contributed by atoms with Crippen molar-refractivity contribution in [2.24, 2.45) is 29.6 Å². The molecule has 0 aromatic heterocycles. The third kappa shape index (κ3) is 7.69. The van der Waals surface area contributed by atoms with E-state index in [1.165, 1.54) is 32.3 Å². The number of carbonyl (C=O) groups excluding carboxylic acids is 4. The molecule has 5 aromatic carbocycles. The van der Waals surface area contributed by atoms with Gasteiger partial charge in [-0.1, -0.05) is 83.4 Å². The summed E-state index contributed by atoms with van der Waals surface area (Å²) in [5.41, 5.74) is 5.62. The molecule has 0 spiro atoms. The smallest absolute Gasteiger partial charge is 0.260 e. The Balaban J connectivity index is 1.13. The van der Waals surface area contributed by atoms with Gasteiger partial charge in [0.25, 0.3) is 11.8 Å². The molecule has 2 saturated heterocycles. The quantitative estimate of drug-likeness (QED) is 0.0659. The largest absolute Gasteiger partial charge is 0.502 e. The van der Waals surface area contributed by atoms with E-state index in [4.69, 9.17) is 46.9 Å². The van der Waals surface area contributed by atoms with Gasteiger partial charge in [0, 0.05) is 16.5 Å². The third-order valence-corrected chi connectivity index (χ3v) is 14.2. The molecule has 4 aliphatic rings. The zero-order chi connectivity index (χ0) is 48.0. The fourth-order valence-electron chi connectivity index (χ4n) is 10.5. The third-order valence-electron chi connectivity index (χ3n) is 13.7. The van der Waals surface area contributed by atoms with Crippen molar-refractivity contribution in [3.63, 3.8) is 0 Å². The molecule has 13 nitrogen and oxygen atoms in total. The average Bonchev–Trinajstić information content (AvgIpc) is 3.74. The zero-order valence-electron chi connectivity index (χ0n) is 37.7. The highest BCUT2D eigenvalue weighted by molar-refractivity contribution is 6.36. The van der Waals surface area contributed by atoms with Gasteiger partial charge < -0.3 is 28.8 Å². The Hall–Kier alpha value is -7.22. The molecular formula is C53H47Cl2N3O10. The summed E-state index contributed by atoms with van der Waals surface area (Å²) in [6.45, 7) is 0. The first-order valence-corrected chi connectivity index (χ1v) is 22.6. The number of amides is 4. The molecule has 348 valence electrons. The number of methoxy groups -OCH3 is 5. The summed E-state index contributed by atoms with van der Waals surface area (Å²) >= 11 is 12.9. The van der Waals surface area contributed by atoms with Crippen molar-refractivity contribution in [2.75, 3.05) is 45.9 Å². The predicted octanol–water partition coefficient (Wildman–Crippen LogP) is 9.65.